The summed E-state index contributed by atoms with van der Waals surface area (Å²) in [7, 11) is 0. The van der Waals surface area contributed by atoms with E-state index in [0.717, 1.165) is 22.0 Å². The molecule has 1 aliphatic heterocycles. The third-order valence-corrected chi connectivity index (χ3v) is 5.24. The molecule has 0 radical (unpaired) electrons. The summed E-state index contributed by atoms with van der Waals surface area (Å²) >= 11 is 0. The second kappa shape index (κ2) is 8.23. The number of aliphatic hydroxyl groups excluding tert-OH is 1. The Morgan fingerprint density at radius 1 is 1.31 bits per heavy atom. The SMILES string of the molecule is CC(CO)NC1CN(C(=O)c2cc(Cc3nncc4ccccc34)ccc2F)C1. The molecule has 2 heterocycles. The highest BCUT2D eigenvalue weighted by Crippen LogP contribution is 2.22. The first kappa shape index (κ1) is 19.4. The van der Waals surface area contributed by atoms with Gasteiger partial charge in [-0.2, -0.15) is 10.2 Å². The molecule has 3 aromatic rings. The van der Waals surface area contributed by atoms with Gasteiger partial charge in [0, 0.05) is 42.4 Å². The van der Waals surface area contributed by atoms with Gasteiger partial charge < -0.3 is 15.3 Å². The number of nitrogens with one attached hydrogen (secondary N) is 1. The molecule has 6 nitrogen and oxygen atoms in total. The van der Waals surface area contributed by atoms with Crippen LogP contribution in [-0.2, 0) is 6.42 Å². The van der Waals surface area contributed by atoms with E-state index in [1.165, 1.54) is 6.07 Å². The van der Waals surface area contributed by atoms with Crippen molar-refractivity contribution in [3.05, 3.63) is 71.3 Å². The molecule has 1 fully saturated rings. The normalized spacial score (nSPS) is 15.3. The van der Waals surface area contributed by atoms with Crippen molar-refractivity contribution < 1.29 is 14.3 Å². The van der Waals surface area contributed by atoms with E-state index in [9.17, 15) is 9.18 Å². The monoisotopic (exact) mass is 394 g/mol. The maximum absolute atomic E-state index is 14.4. The predicted molar refractivity (Wildman–Crippen MR) is 108 cm³/mol. The molecule has 1 amide bonds. The molecule has 0 aliphatic carbocycles. The summed E-state index contributed by atoms with van der Waals surface area (Å²) in [6.07, 6.45) is 2.18. The summed E-state index contributed by atoms with van der Waals surface area (Å²) in [5.41, 5.74) is 1.67. The van der Waals surface area contributed by atoms with Crippen LogP contribution in [0.25, 0.3) is 10.8 Å². The van der Waals surface area contributed by atoms with Gasteiger partial charge in [0.05, 0.1) is 24.1 Å². The molecule has 1 saturated heterocycles. The van der Waals surface area contributed by atoms with Crippen LogP contribution in [0.3, 0.4) is 0 Å². The number of hydrogen-bond acceptors (Lipinski definition) is 5. The number of halogens is 1. The minimum Gasteiger partial charge on any atom is -0.395 e. The number of hydrogen-bond donors (Lipinski definition) is 2. The molecule has 0 spiro atoms. The summed E-state index contributed by atoms with van der Waals surface area (Å²) in [4.78, 5) is 14.4. The molecule has 0 bridgehead atoms. The summed E-state index contributed by atoms with van der Waals surface area (Å²) < 4.78 is 14.4. The Hall–Kier alpha value is -2.90. The van der Waals surface area contributed by atoms with Crippen molar-refractivity contribution in [2.75, 3.05) is 19.7 Å². The first-order valence-corrected chi connectivity index (χ1v) is 9.69. The molecule has 29 heavy (non-hydrogen) atoms. The van der Waals surface area contributed by atoms with Crippen molar-refractivity contribution in [1.29, 1.82) is 0 Å². The second-order valence-corrected chi connectivity index (χ2v) is 7.53. The van der Waals surface area contributed by atoms with E-state index in [4.69, 9.17) is 5.11 Å². The first-order chi connectivity index (χ1) is 14.0. The van der Waals surface area contributed by atoms with Gasteiger partial charge in [0.25, 0.3) is 5.91 Å². The fourth-order valence-electron chi connectivity index (χ4n) is 3.63. The largest absolute Gasteiger partial charge is 0.395 e. The quantitative estimate of drug-likeness (QED) is 0.670. The highest BCUT2D eigenvalue weighted by molar-refractivity contribution is 5.95. The van der Waals surface area contributed by atoms with Crippen molar-refractivity contribution in [2.45, 2.75) is 25.4 Å². The van der Waals surface area contributed by atoms with Crippen LogP contribution in [0.5, 0.6) is 0 Å². The number of nitrogens with zero attached hydrogens (tertiary/aromatic N) is 3. The van der Waals surface area contributed by atoms with Gasteiger partial charge >= 0.3 is 0 Å². The number of carbonyl (C=O) groups excluding carboxylic acids is 1. The van der Waals surface area contributed by atoms with Crippen LogP contribution in [0, 0.1) is 5.82 Å². The van der Waals surface area contributed by atoms with Crippen molar-refractivity contribution in [3.63, 3.8) is 0 Å². The van der Waals surface area contributed by atoms with Crippen molar-refractivity contribution in [3.8, 4) is 0 Å². The number of benzene rings is 2. The van der Waals surface area contributed by atoms with Crippen LogP contribution >= 0.6 is 0 Å². The van der Waals surface area contributed by atoms with Crippen LogP contribution in [0.2, 0.25) is 0 Å². The number of rotatable bonds is 6. The lowest BCUT2D eigenvalue weighted by Crippen LogP contribution is -2.61. The molecule has 0 saturated carbocycles. The van der Waals surface area contributed by atoms with Crippen LogP contribution in [0.1, 0.15) is 28.5 Å². The molecule has 2 N–H and O–H groups in total. The van der Waals surface area contributed by atoms with E-state index in [2.05, 4.69) is 15.5 Å². The zero-order valence-corrected chi connectivity index (χ0v) is 16.2. The third kappa shape index (κ3) is 4.11. The van der Waals surface area contributed by atoms with Gasteiger partial charge in [-0.3, -0.25) is 4.79 Å². The molecule has 1 unspecified atom stereocenters. The zero-order chi connectivity index (χ0) is 20.4. The smallest absolute Gasteiger partial charge is 0.256 e. The molecule has 2 aromatic carbocycles. The van der Waals surface area contributed by atoms with Gasteiger partial charge in [0.2, 0.25) is 0 Å². The van der Waals surface area contributed by atoms with Gasteiger partial charge in [-0.1, -0.05) is 30.3 Å². The zero-order valence-electron chi connectivity index (χ0n) is 16.2. The Labute approximate surface area is 168 Å². The maximum atomic E-state index is 14.4. The summed E-state index contributed by atoms with van der Waals surface area (Å²) in [6, 6.07) is 12.6. The van der Waals surface area contributed by atoms with Crippen LogP contribution in [0.4, 0.5) is 4.39 Å². The molecule has 1 atom stereocenters. The molecule has 4 rings (SSSR count). The van der Waals surface area contributed by atoms with Crippen LogP contribution in [-0.4, -0.2) is 57.9 Å². The summed E-state index contributed by atoms with van der Waals surface area (Å²) in [5.74, 6) is -0.842. The average Bonchev–Trinajstić information content (AvgIpc) is 2.71. The minimum absolute atomic E-state index is 0.0286. The number of aliphatic hydroxyl groups is 1. The van der Waals surface area contributed by atoms with Gasteiger partial charge in [-0.05, 0) is 24.6 Å². The average molecular weight is 394 g/mol. The Morgan fingerprint density at radius 2 is 2.10 bits per heavy atom. The van der Waals surface area contributed by atoms with Gasteiger partial charge in [0.1, 0.15) is 5.82 Å². The van der Waals surface area contributed by atoms with Crippen molar-refractivity contribution in [2.24, 2.45) is 0 Å². The van der Waals surface area contributed by atoms with E-state index in [-0.39, 0.29) is 30.2 Å². The lowest BCUT2D eigenvalue weighted by atomic mass is 10.0. The Bertz CT molecular complexity index is 1030. The minimum atomic E-state index is -0.525. The molecular weight excluding hydrogens is 371 g/mol. The fourth-order valence-corrected chi connectivity index (χ4v) is 3.63. The molecule has 1 aliphatic rings. The second-order valence-electron chi connectivity index (χ2n) is 7.53. The highest BCUT2D eigenvalue weighted by atomic mass is 19.1. The van der Waals surface area contributed by atoms with Gasteiger partial charge in [-0.25, -0.2) is 4.39 Å². The van der Waals surface area contributed by atoms with Crippen LogP contribution < -0.4 is 5.32 Å². The van der Waals surface area contributed by atoms with E-state index >= 15 is 0 Å². The molecule has 1 aromatic heterocycles. The number of likely N-dealkylation sites (tertiary alicyclic amines) is 1. The van der Waals surface area contributed by atoms with Crippen molar-refractivity contribution in [1.82, 2.24) is 20.4 Å². The van der Waals surface area contributed by atoms with Gasteiger partial charge in [0.15, 0.2) is 0 Å². The van der Waals surface area contributed by atoms with Gasteiger partial charge in [-0.15, -0.1) is 0 Å². The van der Waals surface area contributed by atoms with E-state index in [1.807, 2.05) is 31.2 Å². The molecule has 150 valence electrons. The Balaban J connectivity index is 1.50. The summed E-state index contributed by atoms with van der Waals surface area (Å²) in [6.45, 7) is 2.92. The fraction of sp³-hybridized carbons (Fsp3) is 0.318. The highest BCUT2D eigenvalue weighted by Gasteiger charge is 2.32. The van der Waals surface area contributed by atoms with E-state index in [0.29, 0.717) is 19.5 Å². The maximum Gasteiger partial charge on any atom is 0.256 e. The Morgan fingerprint density at radius 3 is 2.90 bits per heavy atom. The standard InChI is InChI=1S/C22H23FN4O2/c1-14(13-28)25-17-11-27(12-17)22(29)19-8-15(6-7-20(19)23)9-21-18-5-3-2-4-16(18)10-24-26-21/h2-8,10,14,17,25,28H,9,11-13H2,1H3. The lowest BCUT2D eigenvalue weighted by molar-refractivity contribution is 0.0537. The third-order valence-electron chi connectivity index (χ3n) is 5.24. The van der Waals surface area contributed by atoms with E-state index < -0.39 is 5.82 Å². The topological polar surface area (TPSA) is 78.4 Å². The first-order valence-electron chi connectivity index (χ1n) is 9.69. The number of carbonyl (C=O) groups is 1. The van der Waals surface area contributed by atoms with Crippen molar-refractivity contribution >= 4 is 16.7 Å². The molecule has 7 heteroatoms. The predicted octanol–water partition coefficient (Wildman–Crippen LogP) is 2.15. The number of fused-ring (bicyclic) bond motifs is 1. The van der Waals surface area contributed by atoms with E-state index in [1.54, 1.807) is 23.2 Å². The van der Waals surface area contributed by atoms with Crippen LogP contribution in [0.15, 0.2) is 48.7 Å². The number of amides is 1. The number of aromatic nitrogens is 2. The Kier molecular flexibility index (Phi) is 5.51. The lowest BCUT2D eigenvalue weighted by Gasteiger charge is -2.41. The molecular formula is C22H23FN4O2. The summed E-state index contributed by atoms with van der Waals surface area (Å²) in [5, 5.41) is 22.6.